The lowest BCUT2D eigenvalue weighted by Crippen LogP contribution is -2.54. The molecule has 0 bridgehead atoms. The van der Waals surface area contributed by atoms with E-state index in [1.54, 1.807) is 42.5 Å². The Morgan fingerprint density at radius 2 is 1.61 bits per heavy atom. The second-order valence-electron chi connectivity index (χ2n) is 7.34. The highest BCUT2D eigenvalue weighted by molar-refractivity contribution is 6.39. The number of nitrogens with one attached hydrogen (secondary N) is 1. The normalized spacial score (nSPS) is 15.4. The van der Waals surface area contributed by atoms with E-state index in [4.69, 9.17) is 0 Å². The summed E-state index contributed by atoms with van der Waals surface area (Å²) in [6.45, 7) is 1.90. The van der Waals surface area contributed by atoms with Gasteiger partial charge in [-0.15, -0.1) is 0 Å². The maximum Gasteiger partial charge on any atom is 0.335 e. The zero-order chi connectivity index (χ0) is 22.0. The summed E-state index contributed by atoms with van der Waals surface area (Å²) in [5, 5.41) is 2.22. The summed E-state index contributed by atoms with van der Waals surface area (Å²) in [6.07, 6.45) is 2.01. The smallest absolute Gasteiger partial charge is 0.273 e. The third kappa shape index (κ3) is 4.43. The highest BCUT2D eigenvalue weighted by atomic mass is 19.1. The van der Waals surface area contributed by atoms with Gasteiger partial charge >= 0.3 is 6.03 Å². The van der Waals surface area contributed by atoms with Crippen molar-refractivity contribution in [2.24, 2.45) is 0 Å². The van der Waals surface area contributed by atoms with E-state index < -0.39 is 17.8 Å². The molecule has 3 aromatic carbocycles. The van der Waals surface area contributed by atoms with Gasteiger partial charge in [-0.25, -0.2) is 14.1 Å². The molecule has 4 rings (SSSR count). The Kier molecular flexibility index (Phi) is 5.45. The third-order valence-corrected chi connectivity index (χ3v) is 4.98. The van der Waals surface area contributed by atoms with Gasteiger partial charge < -0.3 is 0 Å². The Labute approximate surface area is 178 Å². The highest BCUT2D eigenvalue weighted by Gasteiger charge is 2.36. The van der Waals surface area contributed by atoms with E-state index in [-0.39, 0.29) is 11.4 Å². The maximum absolute atomic E-state index is 13.4. The molecule has 0 atom stereocenters. The van der Waals surface area contributed by atoms with Crippen LogP contribution >= 0.6 is 0 Å². The van der Waals surface area contributed by atoms with Crippen LogP contribution in [0.3, 0.4) is 0 Å². The molecule has 0 aliphatic carbocycles. The van der Waals surface area contributed by atoms with Gasteiger partial charge in [-0.2, -0.15) is 0 Å². The Bertz CT molecular complexity index is 1200. The minimum atomic E-state index is -0.776. The number of barbiturate groups is 1. The van der Waals surface area contributed by atoms with Crippen molar-refractivity contribution in [2.45, 2.75) is 13.3 Å². The molecule has 1 N–H and O–H groups in total. The number of amides is 4. The molecule has 0 radical (unpaired) electrons. The lowest BCUT2D eigenvalue weighted by molar-refractivity contribution is -0.122. The SMILES string of the molecule is Cc1ccc(N2C(=O)NC(=O)/C(=C\c3ccc(Cc4cccc(F)c4)cc3)C2=O)cc1. The van der Waals surface area contributed by atoms with E-state index in [1.165, 1.54) is 18.2 Å². The summed E-state index contributed by atoms with van der Waals surface area (Å²) in [5.41, 5.74) is 3.69. The highest BCUT2D eigenvalue weighted by Crippen LogP contribution is 2.22. The monoisotopic (exact) mass is 414 g/mol. The fourth-order valence-corrected chi connectivity index (χ4v) is 3.37. The molecule has 3 aromatic rings. The van der Waals surface area contributed by atoms with Crippen molar-refractivity contribution in [1.82, 2.24) is 5.32 Å². The van der Waals surface area contributed by atoms with Gasteiger partial charge in [0.2, 0.25) is 0 Å². The van der Waals surface area contributed by atoms with E-state index >= 15 is 0 Å². The lowest BCUT2D eigenvalue weighted by Gasteiger charge is -2.26. The van der Waals surface area contributed by atoms with Crippen molar-refractivity contribution in [3.63, 3.8) is 0 Å². The van der Waals surface area contributed by atoms with Crippen molar-refractivity contribution >= 4 is 29.6 Å². The number of carbonyl (C=O) groups excluding carboxylic acids is 3. The van der Waals surface area contributed by atoms with Gasteiger partial charge in [-0.05, 0) is 60.4 Å². The summed E-state index contributed by atoms with van der Waals surface area (Å²) < 4.78 is 13.4. The van der Waals surface area contributed by atoms with Gasteiger partial charge in [0.25, 0.3) is 11.8 Å². The number of nitrogens with zero attached hydrogens (tertiary/aromatic N) is 1. The van der Waals surface area contributed by atoms with Crippen LogP contribution in [0.25, 0.3) is 6.08 Å². The molecular weight excluding hydrogens is 395 g/mol. The molecule has 4 amide bonds. The Morgan fingerprint density at radius 1 is 0.903 bits per heavy atom. The summed E-state index contributed by atoms with van der Waals surface area (Å²) in [6, 6.07) is 19.7. The van der Waals surface area contributed by atoms with Crippen LogP contribution in [0.15, 0.2) is 78.4 Å². The molecule has 1 aliphatic rings. The molecule has 6 heteroatoms. The Morgan fingerprint density at radius 3 is 2.29 bits per heavy atom. The molecule has 154 valence electrons. The first-order chi connectivity index (χ1) is 14.9. The molecule has 5 nitrogen and oxygen atoms in total. The molecule has 0 aromatic heterocycles. The number of imide groups is 2. The summed E-state index contributed by atoms with van der Waals surface area (Å²) in [7, 11) is 0. The van der Waals surface area contributed by atoms with Crippen molar-refractivity contribution < 1.29 is 18.8 Å². The number of rotatable bonds is 4. The molecule has 1 fully saturated rings. The number of anilines is 1. The maximum atomic E-state index is 13.4. The number of hydrogen-bond donors (Lipinski definition) is 1. The molecular formula is C25H19FN2O3. The van der Waals surface area contributed by atoms with E-state index in [2.05, 4.69) is 5.32 Å². The zero-order valence-corrected chi connectivity index (χ0v) is 16.8. The lowest BCUT2D eigenvalue weighted by atomic mass is 10.0. The summed E-state index contributed by atoms with van der Waals surface area (Å²) in [5.74, 6) is -1.70. The van der Waals surface area contributed by atoms with Crippen LogP contribution in [0.4, 0.5) is 14.9 Å². The average molecular weight is 414 g/mol. The first-order valence-electron chi connectivity index (χ1n) is 9.72. The van der Waals surface area contributed by atoms with Crippen LogP contribution in [0, 0.1) is 12.7 Å². The second-order valence-corrected chi connectivity index (χ2v) is 7.34. The Hall–Kier alpha value is -4.06. The largest absolute Gasteiger partial charge is 0.335 e. The van der Waals surface area contributed by atoms with Gasteiger partial charge in [0.1, 0.15) is 11.4 Å². The Balaban J connectivity index is 1.57. The molecule has 0 unspecified atom stereocenters. The first kappa shape index (κ1) is 20.2. The van der Waals surface area contributed by atoms with Crippen molar-refractivity contribution in [3.05, 3.63) is 106 Å². The van der Waals surface area contributed by atoms with Crippen LogP contribution in [0.5, 0.6) is 0 Å². The number of benzene rings is 3. The minimum Gasteiger partial charge on any atom is -0.273 e. The molecule has 31 heavy (non-hydrogen) atoms. The second kappa shape index (κ2) is 8.36. The van der Waals surface area contributed by atoms with Gasteiger partial charge in [0, 0.05) is 0 Å². The number of urea groups is 1. The third-order valence-electron chi connectivity index (χ3n) is 4.98. The summed E-state index contributed by atoms with van der Waals surface area (Å²) in [4.78, 5) is 38.4. The number of hydrogen-bond acceptors (Lipinski definition) is 3. The minimum absolute atomic E-state index is 0.127. The standard InChI is InChI=1S/C25H19FN2O3/c1-16-5-11-21(12-6-16)28-24(30)22(23(29)27-25(28)31)15-18-9-7-17(8-10-18)13-19-3-2-4-20(26)14-19/h2-12,14-15H,13H2,1H3,(H,27,29,31)/b22-15+. The van der Waals surface area contributed by atoms with Gasteiger partial charge in [-0.3, -0.25) is 14.9 Å². The average Bonchev–Trinajstić information content (AvgIpc) is 2.73. The van der Waals surface area contributed by atoms with Crippen LogP contribution < -0.4 is 10.2 Å². The first-order valence-corrected chi connectivity index (χ1v) is 9.72. The molecule has 1 heterocycles. The summed E-state index contributed by atoms with van der Waals surface area (Å²) >= 11 is 0. The van der Waals surface area contributed by atoms with Gasteiger partial charge in [-0.1, -0.05) is 54.1 Å². The van der Waals surface area contributed by atoms with Crippen LogP contribution in [-0.2, 0) is 16.0 Å². The molecule has 1 aliphatic heterocycles. The van der Waals surface area contributed by atoms with E-state index in [1.807, 2.05) is 25.1 Å². The molecule has 0 saturated carbocycles. The molecule has 0 spiro atoms. The van der Waals surface area contributed by atoms with Crippen molar-refractivity contribution in [3.8, 4) is 0 Å². The fraction of sp³-hybridized carbons (Fsp3) is 0.0800. The van der Waals surface area contributed by atoms with Crippen LogP contribution in [0.2, 0.25) is 0 Å². The van der Waals surface area contributed by atoms with Crippen LogP contribution in [0.1, 0.15) is 22.3 Å². The van der Waals surface area contributed by atoms with E-state index in [0.717, 1.165) is 21.6 Å². The zero-order valence-electron chi connectivity index (χ0n) is 16.8. The number of carbonyl (C=O) groups is 3. The van der Waals surface area contributed by atoms with E-state index in [0.29, 0.717) is 17.7 Å². The van der Waals surface area contributed by atoms with Gasteiger partial charge in [0.05, 0.1) is 5.69 Å². The van der Waals surface area contributed by atoms with Crippen molar-refractivity contribution in [1.29, 1.82) is 0 Å². The van der Waals surface area contributed by atoms with Gasteiger partial charge in [0.15, 0.2) is 0 Å². The van der Waals surface area contributed by atoms with Crippen LogP contribution in [-0.4, -0.2) is 17.8 Å². The topological polar surface area (TPSA) is 66.5 Å². The van der Waals surface area contributed by atoms with Crippen molar-refractivity contribution in [2.75, 3.05) is 4.90 Å². The number of aryl methyl sites for hydroxylation is 1. The predicted molar refractivity (Wildman–Crippen MR) is 116 cm³/mol. The molecule has 1 saturated heterocycles. The number of halogens is 1. The predicted octanol–water partition coefficient (Wildman–Crippen LogP) is 4.39. The fourth-order valence-electron chi connectivity index (χ4n) is 3.37. The van der Waals surface area contributed by atoms with E-state index in [9.17, 15) is 18.8 Å². The quantitative estimate of drug-likeness (QED) is 0.509.